The first-order valence-corrected chi connectivity index (χ1v) is 16.5. The number of nitrogens with zero attached hydrogens (tertiary/aromatic N) is 3. The van der Waals surface area contributed by atoms with Gasteiger partial charge in [0.2, 0.25) is 5.91 Å². The Morgan fingerprint density at radius 3 is 2.12 bits per heavy atom. The fourth-order valence-corrected chi connectivity index (χ4v) is 7.89. The van der Waals surface area contributed by atoms with Crippen LogP contribution in [0.2, 0.25) is 5.02 Å². The molecule has 3 saturated heterocycles. The Morgan fingerprint density at radius 1 is 0.925 bits per heavy atom. The largest absolute Gasteiger partial charge is 0.341 e. The zero-order valence-corrected chi connectivity index (χ0v) is 25.4. The first-order chi connectivity index (χ1) is 19.4. The average Bonchev–Trinajstić information content (AvgIpc) is 3.32. The molecule has 4 fully saturated rings. The number of benzene rings is 1. The molecule has 0 spiro atoms. The summed E-state index contributed by atoms with van der Waals surface area (Å²) in [5.41, 5.74) is 1.13. The highest BCUT2D eigenvalue weighted by Crippen LogP contribution is 2.30. The number of halogens is 1. The molecular formula is C32H50ClN5O2. The average molecular weight is 572 g/mol. The van der Waals surface area contributed by atoms with Crippen LogP contribution in [-0.4, -0.2) is 89.1 Å². The van der Waals surface area contributed by atoms with Crippen LogP contribution in [0.15, 0.2) is 24.3 Å². The van der Waals surface area contributed by atoms with Crippen LogP contribution in [0.1, 0.15) is 90.0 Å². The Balaban J connectivity index is 1.26. The number of hydrogen-bond acceptors (Lipinski definition) is 4. The summed E-state index contributed by atoms with van der Waals surface area (Å²) in [6.45, 7) is 7.06. The maximum absolute atomic E-state index is 14.1. The van der Waals surface area contributed by atoms with Gasteiger partial charge in [-0.1, -0.05) is 43.0 Å². The highest BCUT2D eigenvalue weighted by atomic mass is 35.5. The molecule has 2 bridgehead atoms. The number of carbonyl (C=O) groups excluding carboxylic acids is 2. The summed E-state index contributed by atoms with van der Waals surface area (Å²) in [5.74, 6) is 0.207. The number of urea groups is 1. The normalized spacial score (nSPS) is 26.5. The summed E-state index contributed by atoms with van der Waals surface area (Å²) < 4.78 is 0. The summed E-state index contributed by atoms with van der Waals surface area (Å²) >= 11 is 6.15. The molecule has 3 amide bonds. The van der Waals surface area contributed by atoms with Crippen molar-refractivity contribution in [3.63, 3.8) is 0 Å². The van der Waals surface area contributed by atoms with E-state index >= 15 is 0 Å². The van der Waals surface area contributed by atoms with Gasteiger partial charge in [-0.3, -0.25) is 4.79 Å². The number of piperidine rings is 2. The number of carbonyl (C=O) groups is 2. The molecule has 7 nitrogen and oxygen atoms in total. The van der Waals surface area contributed by atoms with Gasteiger partial charge in [0.05, 0.1) is 6.04 Å². The van der Waals surface area contributed by atoms with E-state index in [-0.39, 0.29) is 24.0 Å². The second-order valence-corrected chi connectivity index (χ2v) is 13.0. The van der Waals surface area contributed by atoms with Gasteiger partial charge in [-0.2, -0.15) is 0 Å². The van der Waals surface area contributed by atoms with Crippen molar-refractivity contribution >= 4 is 23.5 Å². The van der Waals surface area contributed by atoms with E-state index in [1.165, 1.54) is 32.1 Å². The van der Waals surface area contributed by atoms with Crippen LogP contribution in [0.25, 0.3) is 0 Å². The van der Waals surface area contributed by atoms with Crippen LogP contribution < -0.4 is 10.6 Å². The summed E-state index contributed by atoms with van der Waals surface area (Å²) in [6.07, 6.45) is 13.0. The van der Waals surface area contributed by atoms with Gasteiger partial charge in [-0.25, -0.2) is 4.79 Å². The van der Waals surface area contributed by atoms with Crippen LogP contribution in [0.3, 0.4) is 0 Å². The van der Waals surface area contributed by atoms with Crippen LogP contribution in [0, 0.1) is 0 Å². The van der Waals surface area contributed by atoms with E-state index in [1.807, 2.05) is 29.2 Å². The molecule has 5 rings (SSSR count). The third kappa shape index (κ3) is 7.14. The molecule has 3 aliphatic heterocycles. The molecule has 8 heteroatoms. The number of hydrogen-bond donors (Lipinski definition) is 2. The van der Waals surface area contributed by atoms with E-state index in [0.29, 0.717) is 43.7 Å². The Morgan fingerprint density at radius 2 is 1.52 bits per heavy atom. The number of likely N-dealkylation sites (tertiary alicyclic amines) is 1. The highest BCUT2D eigenvalue weighted by Gasteiger charge is 2.39. The Hall–Kier alpha value is -1.83. The SMILES string of the molecule is CCN(CC)C(=O)N(C1CCCCC1)C1CCN(C(=O)[C@H](Cc2ccc(Cl)cc2)NC2CC3CCC(C2)N3)CC1. The first-order valence-electron chi connectivity index (χ1n) is 16.1. The molecule has 0 aromatic heterocycles. The van der Waals surface area contributed by atoms with Crippen molar-refractivity contribution in [3.05, 3.63) is 34.9 Å². The molecular weight excluding hydrogens is 522 g/mol. The molecule has 2 N–H and O–H groups in total. The zero-order valence-electron chi connectivity index (χ0n) is 24.6. The smallest absolute Gasteiger partial charge is 0.320 e. The monoisotopic (exact) mass is 571 g/mol. The highest BCUT2D eigenvalue weighted by molar-refractivity contribution is 6.30. The van der Waals surface area contributed by atoms with Gasteiger partial charge in [-0.05, 0) is 89.3 Å². The van der Waals surface area contributed by atoms with Crippen molar-refractivity contribution in [2.45, 2.75) is 127 Å². The third-order valence-corrected chi connectivity index (χ3v) is 10.2. The molecule has 1 aromatic rings. The van der Waals surface area contributed by atoms with E-state index in [1.54, 1.807) is 0 Å². The van der Waals surface area contributed by atoms with Crippen molar-refractivity contribution in [2.24, 2.45) is 0 Å². The predicted molar refractivity (Wildman–Crippen MR) is 162 cm³/mol. The van der Waals surface area contributed by atoms with E-state index in [0.717, 1.165) is 62.2 Å². The van der Waals surface area contributed by atoms with E-state index in [4.69, 9.17) is 11.6 Å². The topological polar surface area (TPSA) is 67.9 Å². The zero-order chi connectivity index (χ0) is 28.1. The van der Waals surface area contributed by atoms with Gasteiger partial charge in [0.15, 0.2) is 0 Å². The number of rotatable bonds is 9. The second-order valence-electron chi connectivity index (χ2n) is 12.6. The molecule has 1 aromatic carbocycles. The summed E-state index contributed by atoms with van der Waals surface area (Å²) in [7, 11) is 0. The molecule has 2 unspecified atom stereocenters. The quantitative estimate of drug-likeness (QED) is 0.427. The predicted octanol–water partition coefficient (Wildman–Crippen LogP) is 5.21. The molecule has 3 atom stereocenters. The van der Waals surface area contributed by atoms with E-state index in [2.05, 4.69) is 34.3 Å². The van der Waals surface area contributed by atoms with Gasteiger partial charge >= 0.3 is 6.03 Å². The van der Waals surface area contributed by atoms with Crippen molar-refractivity contribution in [2.75, 3.05) is 26.2 Å². The fraction of sp³-hybridized carbons (Fsp3) is 0.750. The van der Waals surface area contributed by atoms with Crippen molar-refractivity contribution in [1.82, 2.24) is 25.3 Å². The Labute approximate surface area is 246 Å². The fourth-order valence-electron chi connectivity index (χ4n) is 7.76. The minimum Gasteiger partial charge on any atom is -0.341 e. The van der Waals surface area contributed by atoms with Crippen LogP contribution >= 0.6 is 11.6 Å². The summed E-state index contributed by atoms with van der Waals surface area (Å²) in [4.78, 5) is 34.0. The molecule has 1 aliphatic carbocycles. The molecule has 0 radical (unpaired) electrons. The minimum atomic E-state index is -0.244. The lowest BCUT2D eigenvalue weighted by atomic mass is 9.91. The van der Waals surface area contributed by atoms with Crippen LogP contribution in [-0.2, 0) is 11.2 Å². The van der Waals surface area contributed by atoms with Crippen molar-refractivity contribution in [1.29, 1.82) is 0 Å². The van der Waals surface area contributed by atoms with E-state index < -0.39 is 0 Å². The lowest BCUT2D eigenvalue weighted by Gasteiger charge is -2.45. The molecule has 222 valence electrons. The number of nitrogens with one attached hydrogen (secondary N) is 2. The van der Waals surface area contributed by atoms with Gasteiger partial charge in [0, 0.05) is 61.4 Å². The third-order valence-electron chi connectivity index (χ3n) is 9.95. The summed E-state index contributed by atoms with van der Waals surface area (Å²) in [6, 6.07) is 9.95. The minimum absolute atomic E-state index is 0.199. The number of amides is 3. The summed E-state index contributed by atoms with van der Waals surface area (Å²) in [5, 5.41) is 8.26. The Kier molecular flexibility index (Phi) is 10.3. The lowest BCUT2D eigenvalue weighted by Crippen LogP contribution is -2.59. The van der Waals surface area contributed by atoms with E-state index in [9.17, 15) is 9.59 Å². The maximum Gasteiger partial charge on any atom is 0.320 e. The maximum atomic E-state index is 14.1. The van der Waals surface area contributed by atoms with Gasteiger partial charge in [0.1, 0.15) is 0 Å². The molecule has 1 saturated carbocycles. The first kappa shape index (κ1) is 29.7. The Bertz CT molecular complexity index is 960. The van der Waals surface area contributed by atoms with Gasteiger partial charge in [0.25, 0.3) is 0 Å². The number of fused-ring (bicyclic) bond motifs is 2. The van der Waals surface area contributed by atoms with Gasteiger partial charge in [-0.15, -0.1) is 0 Å². The molecule has 4 aliphatic rings. The second kappa shape index (κ2) is 13.9. The molecule has 3 heterocycles. The standard InChI is InChI=1S/C32H50ClN5O2/c1-3-36(4-2)32(40)38(28-8-6-5-7-9-28)29-16-18-37(19-17-29)31(39)30(20-23-10-12-24(33)13-11-23)35-27-21-25-14-15-26(22-27)34-25/h10-13,25-30,34-35H,3-9,14-22H2,1-2H3/t25?,26?,27?,30-/m0/s1. The lowest BCUT2D eigenvalue weighted by molar-refractivity contribution is -0.135. The van der Waals surface area contributed by atoms with Crippen LogP contribution in [0.5, 0.6) is 0 Å². The molecule has 40 heavy (non-hydrogen) atoms. The van der Waals surface area contributed by atoms with Crippen molar-refractivity contribution in [3.8, 4) is 0 Å². The van der Waals surface area contributed by atoms with Gasteiger partial charge < -0.3 is 25.3 Å². The van der Waals surface area contributed by atoms with Crippen molar-refractivity contribution < 1.29 is 9.59 Å². The van der Waals surface area contributed by atoms with Crippen LogP contribution in [0.4, 0.5) is 4.79 Å².